The first-order valence-corrected chi connectivity index (χ1v) is 9.11. The summed E-state index contributed by atoms with van der Waals surface area (Å²) in [4.78, 5) is 25.1. The molecule has 1 heterocycles. The van der Waals surface area contributed by atoms with Crippen LogP contribution in [-0.2, 0) is 4.79 Å². The maximum absolute atomic E-state index is 12.6. The Balaban J connectivity index is 1.99. The Morgan fingerprint density at radius 2 is 2.00 bits per heavy atom. The Labute approximate surface area is 154 Å². The van der Waals surface area contributed by atoms with Gasteiger partial charge in [-0.2, -0.15) is 0 Å². The number of nitrogens with one attached hydrogen (secondary N) is 3. The molecule has 1 aromatic rings. The fourth-order valence-electron chi connectivity index (χ4n) is 2.67. The summed E-state index contributed by atoms with van der Waals surface area (Å²) in [5.41, 5.74) is 1.71. The lowest BCUT2D eigenvalue weighted by Gasteiger charge is -2.24. The highest BCUT2D eigenvalue weighted by atomic mass is 35.5. The van der Waals surface area contributed by atoms with Gasteiger partial charge in [-0.05, 0) is 43.1 Å². The smallest absolute Gasteiger partial charge is 0.251 e. The van der Waals surface area contributed by atoms with Crippen LogP contribution in [0.5, 0.6) is 0 Å². The van der Waals surface area contributed by atoms with Crippen molar-refractivity contribution >= 4 is 23.4 Å². The molecule has 5 nitrogen and oxygen atoms in total. The third-order valence-corrected chi connectivity index (χ3v) is 4.79. The highest BCUT2D eigenvalue weighted by molar-refractivity contribution is 6.30. The fraction of sp³-hybridized carbons (Fsp3) is 0.474. The van der Waals surface area contributed by atoms with Crippen LogP contribution in [0.15, 0.2) is 35.9 Å². The third-order valence-electron chi connectivity index (χ3n) is 4.54. The van der Waals surface area contributed by atoms with Gasteiger partial charge < -0.3 is 16.0 Å². The molecule has 0 spiro atoms. The van der Waals surface area contributed by atoms with Gasteiger partial charge in [-0.15, -0.1) is 0 Å². The second-order valence-electron chi connectivity index (χ2n) is 6.38. The summed E-state index contributed by atoms with van der Waals surface area (Å²) in [5, 5.41) is 9.65. The Bertz CT molecular complexity index is 628. The summed E-state index contributed by atoms with van der Waals surface area (Å²) in [6.45, 7) is 6.28. The van der Waals surface area contributed by atoms with Crippen LogP contribution in [0.1, 0.15) is 37.0 Å². The number of hydrogen-bond acceptors (Lipinski definition) is 3. The zero-order valence-electron chi connectivity index (χ0n) is 14.8. The molecule has 2 atom stereocenters. The van der Waals surface area contributed by atoms with Crippen molar-refractivity contribution in [1.82, 2.24) is 16.0 Å². The van der Waals surface area contributed by atoms with E-state index in [4.69, 9.17) is 11.6 Å². The molecule has 1 aromatic carbocycles. The normalized spacial score (nSPS) is 16.5. The minimum Gasteiger partial charge on any atom is -0.351 e. The maximum atomic E-state index is 12.6. The van der Waals surface area contributed by atoms with Crippen LogP contribution in [0, 0.1) is 5.92 Å². The number of rotatable bonds is 7. The van der Waals surface area contributed by atoms with E-state index in [9.17, 15) is 9.59 Å². The second-order valence-corrected chi connectivity index (χ2v) is 6.81. The molecule has 0 aliphatic carbocycles. The van der Waals surface area contributed by atoms with Crippen molar-refractivity contribution in [1.29, 1.82) is 0 Å². The first kappa shape index (κ1) is 19.5. The molecule has 6 heteroatoms. The zero-order valence-corrected chi connectivity index (χ0v) is 15.5. The number of benzene rings is 1. The lowest BCUT2D eigenvalue weighted by molar-refractivity contribution is -0.123. The number of amides is 2. The predicted molar refractivity (Wildman–Crippen MR) is 101 cm³/mol. The van der Waals surface area contributed by atoms with Gasteiger partial charge in [0.15, 0.2) is 0 Å². The Kier molecular flexibility index (Phi) is 7.47. The number of carbonyl (C=O) groups is 2. The van der Waals surface area contributed by atoms with Crippen LogP contribution < -0.4 is 16.0 Å². The Morgan fingerprint density at radius 1 is 1.28 bits per heavy atom. The number of hydrogen-bond donors (Lipinski definition) is 3. The highest BCUT2D eigenvalue weighted by Crippen LogP contribution is 2.12. The van der Waals surface area contributed by atoms with Crippen molar-refractivity contribution in [3.8, 4) is 0 Å². The van der Waals surface area contributed by atoms with Gasteiger partial charge >= 0.3 is 0 Å². The van der Waals surface area contributed by atoms with E-state index < -0.39 is 6.04 Å². The molecular weight excluding hydrogens is 338 g/mol. The molecule has 1 aliphatic heterocycles. The lowest BCUT2D eigenvalue weighted by atomic mass is 9.97. The van der Waals surface area contributed by atoms with Crippen LogP contribution in [-0.4, -0.2) is 37.5 Å². The van der Waals surface area contributed by atoms with Crippen molar-refractivity contribution in [3.05, 3.63) is 46.5 Å². The molecule has 0 fully saturated rings. The molecule has 0 saturated heterocycles. The predicted octanol–water partition coefficient (Wildman–Crippen LogP) is 2.52. The van der Waals surface area contributed by atoms with Crippen LogP contribution in [0.2, 0.25) is 5.02 Å². The van der Waals surface area contributed by atoms with Crippen molar-refractivity contribution < 1.29 is 9.59 Å². The summed E-state index contributed by atoms with van der Waals surface area (Å²) >= 11 is 5.85. The topological polar surface area (TPSA) is 70.2 Å². The summed E-state index contributed by atoms with van der Waals surface area (Å²) < 4.78 is 0. The molecule has 2 rings (SSSR count). The monoisotopic (exact) mass is 363 g/mol. The fourth-order valence-corrected chi connectivity index (χ4v) is 2.79. The first-order chi connectivity index (χ1) is 12.0. The Hall–Kier alpha value is -1.85. The van der Waals surface area contributed by atoms with E-state index >= 15 is 0 Å². The third kappa shape index (κ3) is 5.87. The number of halogens is 1. The zero-order chi connectivity index (χ0) is 18.2. The minimum absolute atomic E-state index is 0.0400. The van der Waals surface area contributed by atoms with Gasteiger partial charge in [0.1, 0.15) is 6.04 Å². The molecule has 136 valence electrons. The SMILES string of the molecule is CCC(C)C(NC(=O)c1ccc(Cl)cc1)C(=O)NCC1=CCNCC1. The lowest BCUT2D eigenvalue weighted by Crippen LogP contribution is -2.50. The van der Waals surface area contributed by atoms with Crippen LogP contribution in [0.3, 0.4) is 0 Å². The molecule has 2 unspecified atom stereocenters. The van der Waals surface area contributed by atoms with Gasteiger partial charge in [-0.25, -0.2) is 0 Å². The molecule has 0 radical (unpaired) electrons. The van der Waals surface area contributed by atoms with E-state index in [1.54, 1.807) is 24.3 Å². The highest BCUT2D eigenvalue weighted by Gasteiger charge is 2.26. The Morgan fingerprint density at radius 3 is 2.60 bits per heavy atom. The minimum atomic E-state index is -0.560. The van der Waals surface area contributed by atoms with Crippen LogP contribution >= 0.6 is 11.6 Å². The van der Waals surface area contributed by atoms with Crippen LogP contribution in [0.4, 0.5) is 0 Å². The summed E-state index contributed by atoms with van der Waals surface area (Å²) in [7, 11) is 0. The molecule has 0 aromatic heterocycles. The maximum Gasteiger partial charge on any atom is 0.251 e. The number of carbonyl (C=O) groups excluding carboxylic acids is 2. The summed E-state index contributed by atoms with van der Waals surface area (Å²) in [6.07, 6.45) is 3.84. The van der Waals surface area contributed by atoms with E-state index in [-0.39, 0.29) is 17.7 Å². The van der Waals surface area contributed by atoms with Crippen molar-refractivity contribution in [2.24, 2.45) is 5.92 Å². The van der Waals surface area contributed by atoms with E-state index in [2.05, 4.69) is 22.0 Å². The molecular formula is C19H26ClN3O2. The summed E-state index contributed by atoms with van der Waals surface area (Å²) in [5.74, 6) is -0.368. The second kappa shape index (κ2) is 9.59. The van der Waals surface area contributed by atoms with Gasteiger partial charge in [0.25, 0.3) is 5.91 Å². The molecule has 2 amide bonds. The molecule has 0 saturated carbocycles. The average molecular weight is 364 g/mol. The first-order valence-electron chi connectivity index (χ1n) is 8.74. The van der Waals surface area contributed by atoms with Crippen molar-refractivity contribution in [2.45, 2.75) is 32.7 Å². The van der Waals surface area contributed by atoms with Gasteiger partial charge in [-0.1, -0.05) is 43.5 Å². The molecule has 0 bridgehead atoms. The van der Waals surface area contributed by atoms with Gasteiger partial charge in [0.05, 0.1) is 0 Å². The largest absolute Gasteiger partial charge is 0.351 e. The molecule has 25 heavy (non-hydrogen) atoms. The van der Waals surface area contributed by atoms with Crippen LogP contribution in [0.25, 0.3) is 0 Å². The molecule has 1 aliphatic rings. The van der Waals surface area contributed by atoms with E-state index in [1.165, 1.54) is 5.57 Å². The molecule has 3 N–H and O–H groups in total. The van der Waals surface area contributed by atoms with Gasteiger partial charge in [0, 0.05) is 23.7 Å². The van der Waals surface area contributed by atoms with E-state index in [0.717, 1.165) is 25.9 Å². The quantitative estimate of drug-likeness (QED) is 0.652. The standard InChI is InChI=1S/C19H26ClN3O2/c1-3-13(2)17(19(25)22-12-14-8-10-21-11-9-14)23-18(24)15-4-6-16(20)7-5-15/h4-8,13,17,21H,3,9-12H2,1-2H3,(H,22,25)(H,23,24). The van der Waals surface area contributed by atoms with Crippen molar-refractivity contribution in [3.63, 3.8) is 0 Å². The summed E-state index contributed by atoms with van der Waals surface area (Å²) in [6, 6.07) is 6.08. The van der Waals surface area contributed by atoms with E-state index in [1.807, 2.05) is 13.8 Å². The average Bonchev–Trinajstić information content (AvgIpc) is 2.64. The van der Waals surface area contributed by atoms with E-state index in [0.29, 0.717) is 17.1 Å². The van der Waals surface area contributed by atoms with Crippen molar-refractivity contribution in [2.75, 3.05) is 19.6 Å². The van der Waals surface area contributed by atoms with Gasteiger partial charge in [0.2, 0.25) is 5.91 Å². The van der Waals surface area contributed by atoms with Gasteiger partial charge in [-0.3, -0.25) is 9.59 Å².